The third kappa shape index (κ3) is 4.77. The molecule has 4 aliphatic rings. The molecule has 7 nitrogen and oxygen atoms in total. The van der Waals surface area contributed by atoms with Crippen LogP contribution in [0.15, 0.2) is 29.2 Å². The van der Waals surface area contributed by atoms with Gasteiger partial charge in [-0.2, -0.15) is 4.31 Å². The van der Waals surface area contributed by atoms with E-state index in [-0.39, 0.29) is 30.0 Å². The molecule has 0 aromatic heterocycles. The Morgan fingerprint density at radius 1 is 1.11 bits per heavy atom. The SMILES string of the molecule is CCCC(=O)N1CCC2(CC1)CN(S(=O)(=O)c1ccc(C)cc1)[C@@H](CO)C1CC3CC(OC)CCC3C12. The van der Waals surface area contributed by atoms with Gasteiger partial charge in [0.15, 0.2) is 0 Å². The van der Waals surface area contributed by atoms with Crippen molar-refractivity contribution in [2.45, 2.75) is 82.3 Å². The van der Waals surface area contributed by atoms with Crippen LogP contribution in [0.5, 0.6) is 0 Å². The number of hydrogen-bond acceptors (Lipinski definition) is 5. The van der Waals surface area contributed by atoms with E-state index < -0.39 is 16.1 Å². The molecule has 1 N–H and O–H groups in total. The summed E-state index contributed by atoms with van der Waals surface area (Å²) in [6.45, 7) is 5.66. The van der Waals surface area contributed by atoms with Gasteiger partial charge in [-0.25, -0.2) is 8.42 Å². The molecule has 6 atom stereocenters. The summed E-state index contributed by atoms with van der Waals surface area (Å²) in [6, 6.07) is 6.67. The van der Waals surface area contributed by atoms with Crippen molar-refractivity contribution in [1.82, 2.24) is 9.21 Å². The largest absolute Gasteiger partial charge is 0.395 e. The molecule has 2 saturated heterocycles. The van der Waals surface area contributed by atoms with Crippen LogP contribution >= 0.6 is 0 Å². The third-order valence-corrected chi connectivity index (χ3v) is 12.1. The second kappa shape index (κ2) is 10.6. The van der Waals surface area contributed by atoms with E-state index >= 15 is 0 Å². The Morgan fingerprint density at radius 2 is 1.81 bits per heavy atom. The maximum atomic E-state index is 14.1. The average molecular weight is 533 g/mol. The van der Waals surface area contributed by atoms with Gasteiger partial charge < -0.3 is 14.7 Å². The molecule has 2 aliphatic carbocycles. The molecule has 2 heterocycles. The van der Waals surface area contributed by atoms with Crippen LogP contribution in [0.2, 0.25) is 0 Å². The molecule has 5 unspecified atom stereocenters. The molecule has 0 radical (unpaired) electrons. The fourth-order valence-electron chi connectivity index (χ4n) is 8.47. The summed E-state index contributed by atoms with van der Waals surface area (Å²) >= 11 is 0. The maximum absolute atomic E-state index is 14.1. The number of likely N-dealkylation sites (tertiary alicyclic amines) is 1. The van der Waals surface area contributed by atoms with E-state index in [9.17, 15) is 18.3 Å². The van der Waals surface area contributed by atoms with Crippen LogP contribution < -0.4 is 0 Å². The van der Waals surface area contributed by atoms with Crippen molar-refractivity contribution in [3.05, 3.63) is 29.8 Å². The van der Waals surface area contributed by atoms with Crippen molar-refractivity contribution in [2.24, 2.45) is 29.1 Å². The van der Waals surface area contributed by atoms with Crippen LogP contribution in [-0.2, 0) is 19.6 Å². The molecule has 37 heavy (non-hydrogen) atoms. The average Bonchev–Trinajstić information content (AvgIpc) is 3.29. The molecule has 1 spiro atoms. The van der Waals surface area contributed by atoms with Crippen molar-refractivity contribution >= 4 is 15.9 Å². The number of ether oxygens (including phenoxy) is 1. The van der Waals surface area contributed by atoms with Crippen LogP contribution in [0.1, 0.15) is 63.9 Å². The molecule has 4 fully saturated rings. The van der Waals surface area contributed by atoms with Gasteiger partial charge in [-0.1, -0.05) is 24.6 Å². The van der Waals surface area contributed by atoms with E-state index in [1.807, 2.05) is 30.9 Å². The van der Waals surface area contributed by atoms with Gasteiger partial charge in [-0.3, -0.25) is 4.79 Å². The van der Waals surface area contributed by atoms with E-state index in [1.54, 1.807) is 23.5 Å². The molecule has 8 heteroatoms. The number of benzene rings is 1. The molecule has 5 rings (SSSR count). The topological polar surface area (TPSA) is 87.2 Å². The number of sulfonamides is 1. The van der Waals surface area contributed by atoms with Gasteiger partial charge in [-0.05, 0) is 93.1 Å². The lowest BCUT2D eigenvalue weighted by molar-refractivity contribution is -0.137. The van der Waals surface area contributed by atoms with Crippen LogP contribution in [0, 0.1) is 36.0 Å². The van der Waals surface area contributed by atoms with Crippen LogP contribution in [0.4, 0.5) is 0 Å². The highest BCUT2D eigenvalue weighted by molar-refractivity contribution is 7.89. The molecule has 0 bridgehead atoms. The van der Waals surface area contributed by atoms with Gasteiger partial charge in [0.25, 0.3) is 0 Å². The normalized spacial score (nSPS) is 33.8. The van der Waals surface area contributed by atoms with Crippen LogP contribution in [0.25, 0.3) is 0 Å². The predicted octanol–water partition coefficient (Wildman–Crippen LogP) is 3.84. The number of hydrogen-bond donors (Lipinski definition) is 1. The summed E-state index contributed by atoms with van der Waals surface area (Å²) in [6.07, 6.45) is 7.47. The number of rotatable bonds is 6. The molecule has 1 aromatic rings. The molecular formula is C29H44N2O5S. The number of fused-ring (bicyclic) bond motifs is 4. The van der Waals surface area contributed by atoms with Gasteiger partial charge >= 0.3 is 0 Å². The number of methoxy groups -OCH3 is 1. The number of carbonyl (C=O) groups is 1. The highest BCUT2D eigenvalue weighted by atomic mass is 32.2. The van der Waals surface area contributed by atoms with E-state index in [4.69, 9.17) is 4.74 Å². The number of nitrogens with zero attached hydrogens (tertiary/aromatic N) is 2. The standard InChI is InChI=1S/C29H44N2O5S/c1-4-5-27(33)30-14-12-29(13-15-30)19-31(37(34,35)23-9-6-20(2)7-10-23)26(18-32)25-17-21-16-22(36-3)8-11-24(21)28(25)29/h6-7,9-10,21-22,24-26,28,32H,4-5,8,11-19H2,1-3H3/t21?,22?,24?,25?,26-,28?/m0/s1. The van der Waals surface area contributed by atoms with Crippen molar-refractivity contribution in [2.75, 3.05) is 33.4 Å². The fraction of sp³-hybridized carbons (Fsp3) is 0.759. The first-order valence-electron chi connectivity index (χ1n) is 14.2. The van der Waals surface area contributed by atoms with Gasteiger partial charge in [0.2, 0.25) is 15.9 Å². The van der Waals surface area contributed by atoms with Gasteiger partial charge in [0.1, 0.15) is 0 Å². The number of aryl methyl sites for hydroxylation is 1. The van der Waals surface area contributed by atoms with Crippen molar-refractivity contribution in [3.63, 3.8) is 0 Å². The second-order valence-electron chi connectivity index (χ2n) is 12.1. The minimum atomic E-state index is -3.77. The first-order chi connectivity index (χ1) is 17.7. The summed E-state index contributed by atoms with van der Waals surface area (Å²) in [5.41, 5.74) is 0.848. The minimum absolute atomic E-state index is 0.127. The van der Waals surface area contributed by atoms with E-state index in [0.717, 1.165) is 50.5 Å². The maximum Gasteiger partial charge on any atom is 0.243 e. The van der Waals surface area contributed by atoms with Gasteiger partial charge in [-0.15, -0.1) is 0 Å². The van der Waals surface area contributed by atoms with Crippen LogP contribution in [0.3, 0.4) is 0 Å². The first kappa shape index (κ1) is 27.1. The summed E-state index contributed by atoms with van der Waals surface area (Å²) < 4.78 is 35.6. The Kier molecular flexibility index (Phi) is 7.76. The molecule has 1 amide bonds. The van der Waals surface area contributed by atoms with Crippen molar-refractivity contribution in [1.29, 1.82) is 0 Å². The number of aliphatic hydroxyl groups is 1. The van der Waals surface area contributed by atoms with Crippen molar-refractivity contribution < 1.29 is 23.1 Å². The van der Waals surface area contributed by atoms with E-state index in [2.05, 4.69) is 0 Å². The molecular weight excluding hydrogens is 488 g/mol. The Labute approximate surface area is 222 Å². The number of carbonyl (C=O) groups excluding carboxylic acids is 1. The first-order valence-corrected chi connectivity index (χ1v) is 15.7. The summed E-state index contributed by atoms with van der Waals surface area (Å²) in [5.74, 6) is 1.75. The summed E-state index contributed by atoms with van der Waals surface area (Å²) in [4.78, 5) is 15.0. The summed E-state index contributed by atoms with van der Waals surface area (Å²) in [5, 5.41) is 10.7. The number of aliphatic hydroxyl groups excluding tert-OH is 1. The molecule has 206 valence electrons. The lowest BCUT2D eigenvalue weighted by atomic mass is 9.57. The quantitative estimate of drug-likeness (QED) is 0.602. The van der Waals surface area contributed by atoms with Gasteiger partial charge in [0.05, 0.1) is 23.6 Å². The Bertz CT molecular complexity index is 1070. The zero-order valence-corrected chi connectivity index (χ0v) is 23.5. The number of amides is 1. The van der Waals surface area contributed by atoms with E-state index in [1.165, 1.54) is 0 Å². The van der Waals surface area contributed by atoms with Crippen molar-refractivity contribution in [3.8, 4) is 0 Å². The third-order valence-electron chi connectivity index (χ3n) is 10.3. The number of piperidine rings is 2. The zero-order valence-electron chi connectivity index (χ0n) is 22.6. The smallest absolute Gasteiger partial charge is 0.243 e. The fourth-order valence-corrected chi connectivity index (χ4v) is 10.2. The lowest BCUT2D eigenvalue weighted by Gasteiger charge is -2.57. The highest BCUT2D eigenvalue weighted by Crippen LogP contribution is 2.62. The predicted molar refractivity (Wildman–Crippen MR) is 142 cm³/mol. The highest BCUT2D eigenvalue weighted by Gasteiger charge is 2.62. The Hall–Kier alpha value is -1.48. The monoisotopic (exact) mass is 532 g/mol. The Morgan fingerprint density at radius 3 is 2.43 bits per heavy atom. The lowest BCUT2D eigenvalue weighted by Crippen LogP contribution is -2.63. The zero-order chi connectivity index (χ0) is 26.4. The van der Waals surface area contributed by atoms with Gasteiger partial charge in [0, 0.05) is 33.2 Å². The Balaban J connectivity index is 1.51. The second-order valence-corrected chi connectivity index (χ2v) is 14.0. The molecule has 2 aliphatic heterocycles. The minimum Gasteiger partial charge on any atom is -0.395 e. The van der Waals surface area contributed by atoms with Crippen LogP contribution in [-0.4, -0.2) is 74.1 Å². The molecule has 1 aromatic carbocycles. The molecule has 2 saturated carbocycles. The van der Waals surface area contributed by atoms with E-state index in [0.29, 0.717) is 48.7 Å². The summed E-state index contributed by atoms with van der Waals surface area (Å²) in [7, 11) is -1.98.